The van der Waals surface area contributed by atoms with Crippen molar-refractivity contribution < 1.29 is 4.21 Å². The SMILES string of the molecule is CC(Cc1ccccc1Cl)NC1CCS(=O)CC1. The Morgan fingerprint density at radius 1 is 1.39 bits per heavy atom. The average molecular weight is 286 g/mol. The van der Waals surface area contributed by atoms with Gasteiger partial charge in [0.15, 0.2) is 0 Å². The molecule has 0 bridgehead atoms. The van der Waals surface area contributed by atoms with E-state index in [1.807, 2.05) is 18.2 Å². The van der Waals surface area contributed by atoms with Gasteiger partial charge in [-0.05, 0) is 37.8 Å². The summed E-state index contributed by atoms with van der Waals surface area (Å²) in [6.07, 6.45) is 3.00. The molecule has 1 heterocycles. The van der Waals surface area contributed by atoms with E-state index >= 15 is 0 Å². The lowest BCUT2D eigenvalue weighted by Gasteiger charge is -2.26. The number of benzene rings is 1. The maximum atomic E-state index is 11.3. The van der Waals surface area contributed by atoms with Crippen molar-refractivity contribution in [2.24, 2.45) is 0 Å². The van der Waals surface area contributed by atoms with Gasteiger partial charge >= 0.3 is 0 Å². The van der Waals surface area contributed by atoms with E-state index in [1.54, 1.807) is 0 Å². The van der Waals surface area contributed by atoms with E-state index in [9.17, 15) is 4.21 Å². The molecule has 1 aromatic carbocycles. The second-order valence-electron chi connectivity index (χ2n) is 4.99. The fourth-order valence-electron chi connectivity index (χ4n) is 2.42. The van der Waals surface area contributed by atoms with E-state index < -0.39 is 10.8 Å². The van der Waals surface area contributed by atoms with Crippen LogP contribution in [0.5, 0.6) is 0 Å². The predicted molar refractivity (Wildman–Crippen MR) is 78.7 cm³/mol. The molecule has 1 atom stereocenters. The van der Waals surface area contributed by atoms with Crippen molar-refractivity contribution in [2.75, 3.05) is 11.5 Å². The van der Waals surface area contributed by atoms with Crippen molar-refractivity contribution in [3.05, 3.63) is 34.9 Å². The minimum atomic E-state index is -0.578. The van der Waals surface area contributed by atoms with Gasteiger partial charge in [0.2, 0.25) is 0 Å². The molecule has 1 aliphatic heterocycles. The van der Waals surface area contributed by atoms with Crippen molar-refractivity contribution in [1.82, 2.24) is 5.32 Å². The van der Waals surface area contributed by atoms with E-state index in [2.05, 4.69) is 18.3 Å². The molecule has 0 amide bonds. The first-order valence-corrected chi connectivity index (χ1v) is 8.36. The average Bonchev–Trinajstić information content (AvgIpc) is 2.35. The number of hydrogen-bond acceptors (Lipinski definition) is 2. The predicted octanol–water partition coefficient (Wildman–Crippen LogP) is 2.77. The van der Waals surface area contributed by atoms with Crippen LogP contribution in [0, 0.1) is 0 Å². The summed E-state index contributed by atoms with van der Waals surface area (Å²) in [6, 6.07) is 8.92. The highest BCUT2D eigenvalue weighted by molar-refractivity contribution is 7.85. The van der Waals surface area contributed by atoms with Crippen molar-refractivity contribution in [3.63, 3.8) is 0 Å². The molecule has 1 N–H and O–H groups in total. The van der Waals surface area contributed by atoms with E-state index in [4.69, 9.17) is 11.6 Å². The molecule has 0 aromatic heterocycles. The molecule has 2 nitrogen and oxygen atoms in total. The highest BCUT2D eigenvalue weighted by Gasteiger charge is 2.19. The summed E-state index contributed by atoms with van der Waals surface area (Å²) < 4.78 is 11.3. The molecule has 0 saturated carbocycles. The number of rotatable bonds is 4. The molecule has 1 saturated heterocycles. The molecule has 4 heteroatoms. The molecule has 1 unspecified atom stereocenters. The van der Waals surface area contributed by atoms with Crippen LogP contribution in [0.25, 0.3) is 0 Å². The van der Waals surface area contributed by atoms with Gasteiger partial charge in [-0.3, -0.25) is 4.21 Å². The third kappa shape index (κ3) is 4.08. The van der Waals surface area contributed by atoms with Crippen LogP contribution in [0.4, 0.5) is 0 Å². The van der Waals surface area contributed by atoms with Gasteiger partial charge in [-0.25, -0.2) is 0 Å². The lowest BCUT2D eigenvalue weighted by atomic mass is 10.0. The van der Waals surface area contributed by atoms with E-state index in [0.717, 1.165) is 35.8 Å². The summed E-state index contributed by atoms with van der Waals surface area (Å²) in [5, 5.41) is 4.47. The molecule has 18 heavy (non-hydrogen) atoms. The topological polar surface area (TPSA) is 29.1 Å². The lowest BCUT2D eigenvalue weighted by Crippen LogP contribution is -2.41. The Bertz CT molecular complexity index is 414. The van der Waals surface area contributed by atoms with E-state index in [-0.39, 0.29) is 0 Å². The van der Waals surface area contributed by atoms with Crippen LogP contribution < -0.4 is 5.32 Å². The van der Waals surface area contributed by atoms with Crippen LogP contribution in [0.2, 0.25) is 5.02 Å². The third-order valence-electron chi connectivity index (χ3n) is 3.39. The first-order valence-electron chi connectivity index (χ1n) is 6.49. The first-order chi connectivity index (χ1) is 8.65. The zero-order valence-corrected chi connectivity index (χ0v) is 12.3. The molecule has 0 aliphatic carbocycles. The Morgan fingerprint density at radius 2 is 2.06 bits per heavy atom. The number of halogens is 1. The zero-order chi connectivity index (χ0) is 13.0. The quantitative estimate of drug-likeness (QED) is 0.922. The standard InChI is InChI=1S/C14H20ClNOS/c1-11(10-12-4-2-3-5-14(12)15)16-13-6-8-18(17)9-7-13/h2-5,11,13,16H,6-10H2,1H3. The molecule has 0 radical (unpaired) electrons. The van der Waals surface area contributed by atoms with Crippen LogP contribution in [-0.2, 0) is 17.2 Å². The Balaban J connectivity index is 1.83. The molecule has 0 spiro atoms. The zero-order valence-electron chi connectivity index (χ0n) is 10.7. The molecule has 1 fully saturated rings. The molecular weight excluding hydrogens is 266 g/mol. The Morgan fingerprint density at radius 3 is 2.72 bits per heavy atom. The van der Waals surface area contributed by atoms with Gasteiger partial charge in [-0.15, -0.1) is 0 Å². The molecular formula is C14H20ClNOS. The fourth-order valence-corrected chi connectivity index (χ4v) is 3.93. The highest BCUT2D eigenvalue weighted by Crippen LogP contribution is 2.17. The van der Waals surface area contributed by atoms with Crippen LogP contribution in [-0.4, -0.2) is 27.8 Å². The fraction of sp³-hybridized carbons (Fsp3) is 0.571. The third-order valence-corrected chi connectivity index (χ3v) is 5.14. The van der Waals surface area contributed by atoms with Gasteiger partial charge < -0.3 is 5.32 Å². The molecule has 100 valence electrons. The summed E-state index contributed by atoms with van der Waals surface area (Å²) in [6.45, 7) is 2.19. The van der Waals surface area contributed by atoms with Gasteiger partial charge in [-0.1, -0.05) is 29.8 Å². The van der Waals surface area contributed by atoms with E-state index in [1.165, 1.54) is 5.56 Å². The van der Waals surface area contributed by atoms with Crippen molar-refractivity contribution >= 4 is 22.4 Å². The summed E-state index contributed by atoms with van der Waals surface area (Å²) >= 11 is 6.16. The summed E-state index contributed by atoms with van der Waals surface area (Å²) in [5.41, 5.74) is 1.19. The van der Waals surface area contributed by atoms with Crippen LogP contribution >= 0.6 is 11.6 Å². The normalized spacial score (nSPS) is 25.9. The molecule has 2 rings (SSSR count). The smallest absolute Gasteiger partial charge is 0.0438 e. The number of hydrogen-bond donors (Lipinski definition) is 1. The Hall–Kier alpha value is -0.380. The van der Waals surface area contributed by atoms with Gasteiger partial charge in [0.05, 0.1) is 0 Å². The van der Waals surface area contributed by atoms with Gasteiger partial charge in [0.25, 0.3) is 0 Å². The highest BCUT2D eigenvalue weighted by atomic mass is 35.5. The summed E-state index contributed by atoms with van der Waals surface area (Å²) in [5.74, 6) is 1.69. The minimum absolute atomic E-state index is 0.404. The maximum absolute atomic E-state index is 11.3. The second-order valence-corrected chi connectivity index (χ2v) is 7.09. The Labute approximate surface area is 117 Å². The lowest BCUT2D eigenvalue weighted by molar-refractivity contribution is 0.417. The van der Waals surface area contributed by atoms with E-state index in [0.29, 0.717) is 12.1 Å². The van der Waals surface area contributed by atoms with Crippen LogP contribution in [0.3, 0.4) is 0 Å². The molecule has 1 aliphatic rings. The van der Waals surface area contributed by atoms with Crippen molar-refractivity contribution in [3.8, 4) is 0 Å². The second kappa shape index (κ2) is 6.69. The first kappa shape index (κ1) is 14.0. The Kier molecular flexibility index (Phi) is 5.22. The van der Waals surface area contributed by atoms with Crippen LogP contribution in [0.15, 0.2) is 24.3 Å². The monoisotopic (exact) mass is 285 g/mol. The van der Waals surface area contributed by atoms with Gasteiger partial charge in [0, 0.05) is 39.4 Å². The largest absolute Gasteiger partial charge is 0.311 e. The van der Waals surface area contributed by atoms with Crippen molar-refractivity contribution in [2.45, 2.75) is 38.3 Å². The number of nitrogens with one attached hydrogen (secondary N) is 1. The minimum Gasteiger partial charge on any atom is -0.311 e. The summed E-state index contributed by atoms with van der Waals surface area (Å²) in [4.78, 5) is 0. The summed E-state index contributed by atoms with van der Waals surface area (Å²) in [7, 11) is -0.578. The van der Waals surface area contributed by atoms with Gasteiger partial charge in [-0.2, -0.15) is 0 Å². The van der Waals surface area contributed by atoms with Crippen LogP contribution in [0.1, 0.15) is 25.3 Å². The van der Waals surface area contributed by atoms with Gasteiger partial charge in [0.1, 0.15) is 0 Å². The van der Waals surface area contributed by atoms with Crippen molar-refractivity contribution in [1.29, 1.82) is 0 Å². The molecule has 1 aromatic rings. The maximum Gasteiger partial charge on any atom is 0.0438 e.